The summed E-state index contributed by atoms with van der Waals surface area (Å²) in [7, 11) is 0. The standard InChI is InChI=1S/C12H13NO2/c1-12(14,10-5-7-15-9-10)8-11-4-2-3-6-13-11/h2-7,9,14H,8H2,1H3. The van der Waals surface area contributed by atoms with Gasteiger partial charge in [0.1, 0.15) is 0 Å². The number of furan rings is 1. The van der Waals surface area contributed by atoms with Crippen molar-refractivity contribution >= 4 is 0 Å². The normalized spacial score (nSPS) is 14.8. The highest BCUT2D eigenvalue weighted by Crippen LogP contribution is 2.24. The molecule has 1 atom stereocenters. The lowest BCUT2D eigenvalue weighted by Crippen LogP contribution is -2.23. The minimum Gasteiger partial charge on any atom is -0.472 e. The number of hydrogen-bond acceptors (Lipinski definition) is 3. The summed E-state index contributed by atoms with van der Waals surface area (Å²) in [5.41, 5.74) is 0.707. The molecule has 1 N–H and O–H groups in total. The van der Waals surface area contributed by atoms with Gasteiger partial charge in [-0.15, -0.1) is 0 Å². The van der Waals surface area contributed by atoms with E-state index in [9.17, 15) is 5.11 Å². The maximum absolute atomic E-state index is 10.2. The molecule has 0 saturated carbocycles. The quantitative estimate of drug-likeness (QED) is 0.831. The molecule has 3 heteroatoms. The Hall–Kier alpha value is -1.61. The molecule has 0 amide bonds. The van der Waals surface area contributed by atoms with Gasteiger partial charge < -0.3 is 9.52 Å². The molecule has 2 rings (SSSR count). The predicted molar refractivity (Wildman–Crippen MR) is 56.2 cm³/mol. The minimum absolute atomic E-state index is 0.480. The SMILES string of the molecule is CC(O)(Cc1ccccn1)c1ccoc1. The third-order valence-corrected chi connectivity index (χ3v) is 2.39. The molecule has 0 radical (unpaired) electrons. The first kappa shape index (κ1) is 9.93. The Morgan fingerprint density at radius 3 is 2.87 bits per heavy atom. The smallest absolute Gasteiger partial charge is 0.0963 e. The van der Waals surface area contributed by atoms with E-state index >= 15 is 0 Å². The minimum atomic E-state index is -0.929. The number of pyridine rings is 1. The number of rotatable bonds is 3. The van der Waals surface area contributed by atoms with Crippen molar-refractivity contribution in [1.82, 2.24) is 4.98 Å². The van der Waals surface area contributed by atoms with Gasteiger partial charge in [0.25, 0.3) is 0 Å². The molecule has 15 heavy (non-hydrogen) atoms. The van der Waals surface area contributed by atoms with Crippen molar-refractivity contribution in [3.63, 3.8) is 0 Å². The van der Waals surface area contributed by atoms with Gasteiger partial charge in [-0.05, 0) is 25.1 Å². The molecule has 3 nitrogen and oxygen atoms in total. The summed E-state index contributed by atoms with van der Waals surface area (Å²) in [4.78, 5) is 4.18. The number of aromatic nitrogens is 1. The highest BCUT2D eigenvalue weighted by atomic mass is 16.3. The van der Waals surface area contributed by atoms with E-state index in [0.717, 1.165) is 11.3 Å². The monoisotopic (exact) mass is 203 g/mol. The van der Waals surface area contributed by atoms with E-state index in [4.69, 9.17) is 4.42 Å². The summed E-state index contributed by atoms with van der Waals surface area (Å²) in [6.45, 7) is 1.76. The van der Waals surface area contributed by atoms with Crippen LogP contribution in [0, 0.1) is 0 Å². The molecule has 0 aromatic carbocycles. The van der Waals surface area contributed by atoms with E-state index in [1.807, 2.05) is 18.2 Å². The second-order valence-corrected chi connectivity index (χ2v) is 3.78. The van der Waals surface area contributed by atoms with Crippen LogP contribution in [0.4, 0.5) is 0 Å². The summed E-state index contributed by atoms with van der Waals surface area (Å²) in [6.07, 6.45) is 5.32. The van der Waals surface area contributed by atoms with Crippen LogP contribution in [-0.2, 0) is 12.0 Å². The Morgan fingerprint density at radius 1 is 1.40 bits per heavy atom. The molecule has 0 aliphatic heterocycles. The Morgan fingerprint density at radius 2 is 2.27 bits per heavy atom. The third-order valence-electron chi connectivity index (χ3n) is 2.39. The molecule has 0 aliphatic rings. The second kappa shape index (κ2) is 3.87. The van der Waals surface area contributed by atoms with E-state index in [0.29, 0.717) is 6.42 Å². The van der Waals surface area contributed by atoms with Crippen molar-refractivity contribution in [2.75, 3.05) is 0 Å². The Labute approximate surface area is 88.4 Å². The predicted octanol–water partition coefficient (Wildman–Crippen LogP) is 2.12. The van der Waals surface area contributed by atoms with Crippen molar-refractivity contribution in [1.29, 1.82) is 0 Å². The van der Waals surface area contributed by atoms with Gasteiger partial charge in [-0.1, -0.05) is 6.07 Å². The number of hydrogen-bond donors (Lipinski definition) is 1. The molecule has 2 aromatic rings. The van der Waals surface area contributed by atoms with Crippen molar-refractivity contribution in [3.8, 4) is 0 Å². The van der Waals surface area contributed by atoms with Crippen LogP contribution in [0.15, 0.2) is 47.4 Å². The van der Waals surface area contributed by atoms with Gasteiger partial charge in [-0.2, -0.15) is 0 Å². The van der Waals surface area contributed by atoms with Crippen LogP contribution < -0.4 is 0 Å². The van der Waals surface area contributed by atoms with Crippen molar-refractivity contribution in [2.45, 2.75) is 18.9 Å². The zero-order valence-corrected chi connectivity index (χ0v) is 8.55. The number of nitrogens with zero attached hydrogens (tertiary/aromatic N) is 1. The van der Waals surface area contributed by atoms with E-state index < -0.39 is 5.60 Å². The van der Waals surface area contributed by atoms with E-state index in [1.54, 1.807) is 31.7 Å². The van der Waals surface area contributed by atoms with E-state index in [-0.39, 0.29) is 0 Å². The summed E-state index contributed by atoms with van der Waals surface area (Å²) in [6, 6.07) is 7.43. The lowest BCUT2D eigenvalue weighted by molar-refractivity contribution is 0.0560. The lowest BCUT2D eigenvalue weighted by atomic mass is 9.93. The fourth-order valence-corrected chi connectivity index (χ4v) is 1.53. The van der Waals surface area contributed by atoms with Crippen molar-refractivity contribution < 1.29 is 9.52 Å². The van der Waals surface area contributed by atoms with E-state index in [1.165, 1.54) is 0 Å². The molecule has 0 saturated heterocycles. The first-order valence-electron chi connectivity index (χ1n) is 4.83. The fraction of sp³-hybridized carbons (Fsp3) is 0.250. The van der Waals surface area contributed by atoms with Crippen LogP contribution in [0.5, 0.6) is 0 Å². The Bertz CT molecular complexity index is 406. The van der Waals surface area contributed by atoms with Crippen LogP contribution in [-0.4, -0.2) is 10.1 Å². The molecular formula is C12H13NO2. The van der Waals surface area contributed by atoms with Gasteiger partial charge in [0.15, 0.2) is 0 Å². The Kier molecular flexibility index (Phi) is 2.56. The molecule has 0 aliphatic carbocycles. The van der Waals surface area contributed by atoms with Crippen molar-refractivity contribution in [3.05, 3.63) is 54.2 Å². The summed E-state index contributed by atoms with van der Waals surface area (Å²) in [5.74, 6) is 0. The van der Waals surface area contributed by atoms with Gasteiger partial charge >= 0.3 is 0 Å². The average molecular weight is 203 g/mol. The maximum Gasteiger partial charge on any atom is 0.0963 e. The highest BCUT2D eigenvalue weighted by molar-refractivity contribution is 5.18. The fourth-order valence-electron chi connectivity index (χ4n) is 1.53. The zero-order valence-electron chi connectivity index (χ0n) is 8.55. The largest absolute Gasteiger partial charge is 0.472 e. The third kappa shape index (κ3) is 2.25. The van der Waals surface area contributed by atoms with Crippen LogP contribution >= 0.6 is 0 Å². The maximum atomic E-state index is 10.2. The summed E-state index contributed by atoms with van der Waals surface area (Å²) >= 11 is 0. The molecule has 0 fully saturated rings. The van der Waals surface area contributed by atoms with Gasteiger partial charge in [0.2, 0.25) is 0 Å². The van der Waals surface area contributed by atoms with Crippen LogP contribution in [0.25, 0.3) is 0 Å². The average Bonchev–Trinajstić information content (AvgIpc) is 2.71. The van der Waals surface area contributed by atoms with Crippen LogP contribution in [0.3, 0.4) is 0 Å². The number of aliphatic hydroxyl groups is 1. The first-order chi connectivity index (χ1) is 7.18. The molecule has 1 unspecified atom stereocenters. The molecular weight excluding hydrogens is 190 g/mol. The molecule has 78 valence electrons. The van der Waals surface area contributed by atoms with E-state index in [2.05, 4.69) is 4.98 Å². The molecule has 0 spiro atoms. The van der Waals surface area contributed by atoms with Crippen molar-refractivity contribution in [2.24, 2.45) is 0 Å². The summed E-state index contributed by atoms with van der Waals surface area (Å²) < 4.78 is 4.96. The zero-order chi connectivity index (χ0) is 10.7. The molecule has 0 bridgehead atoms. The van der Waals surface area contributed by atoms with Gasteiger partial charge in [-0.3, -0.25) is 4.98 Å². The van der Waals surface area contributed by atoms with Gasteiger partial charge in [0.05, 0.1) is 18.1 Å². The highest BCUT2D eigenvalue weighted by Gasteiger charge is 2.25. The van der Waals surface area contributed by atoms with Crippen LogP contribution in [0.1, 0.15) is 18.2 Å². The topological polar surface area (TPSA) is 46.3 Å². The molecule has 2 heterocycles. The molecule has 2 aromatic heterocycles. The van der Waals surface area contributed by atoms with Crippen LogP contribution in [0.2, 0.25) is 0 Å². The first-order valence-corrected chi connectivity index (χ1v) is 4.83. The summed E-state index contributed by atoms with van der Waals surface area (Å²) in [5, 5.41) is 10.2. The Balaban J connectivity index is 2.18. The van der Waals surface area contributed by atoms with Gasteiger partial charge in [0, 0.05) is 23.9 Å². The second-order valence-electron chi connectivity index (χ2n) is 3.78. The van der Waals surface area contributed by atoms with Gasteiger partial charge in [-0.25, -0.2) is 0 Å². The lowest BCUT2D eigenvalue weighted by Gasteiger charge is -2.21.